The fraction of sp³-hybridized carbons (Fsp3) is 0.750. The van der Waals surface area contributed by atoms with E-state index < -0.39 is 0 Å². The van der Waals surface area contributed by atoms with Gasteiger partial charge in [-0.3, -0.25) is 0 Å². The van der Waals surface area contributed by atoms with E-state index in [1.807, 2.05) is 11.3 Å². The van der Waals surface area contributed by atoms with Crippen molar-refractivity contribution in [3.8, 4) is 0 Å². The van der Waals surface area contributed by atoms with E-state index in [1.54, 1.807) is 0 Å². The van der Waals surface area contributed by atoms with Gasteiger partial charge in [0.1, 0.15) is 0 Å². The molecular formula is C16H26BrNS. The van der Waals surface area contributed by atoms with E-state index in [1.165, 1.54) is 35.0 Å². The summed E-state index contributed by atoms with van der Waals surface area (Å²) in [5.41, 5.74) is 1.48. The van der Waals surface area contributed by atoms with Crippen LogP contribution in [0.5, 0.6) is 0 Å². The molecule has 0 spiro atoms. The number of hydrogen-bond donors (Lipinski definition) is 1. The van der Waals surface area contributed by atoms with Crippen molar-refractivity contribution in [3.63, 3.8) is 0 Å². The van der Waals surface area contributed by atoms with Crippen molar-refractivity contribution in [2.45, 2.75) is 52.5 Å². The normalized spacial score (nSPS) is 29.4. The van der Waals surface area contributed by atoms with Crippen molar-refractivity contribution >= 4 is 27.3 Å². The number of rotatable bonds is 5. The van der Waals surface area contributed by atoms with Gasteiger partial charge in [-0.2, -0.15) is 0 Å². The molecule has 1 aromatic rings. The van der Waals surface area contributed by atoms with E-state index in [0.717, 1.165) is 24.3 Å². The summed E-state index contributed by atoms with van der Waals surface area (Å²) in [6.07, 6.45) is 5.35. The van der Waals surface area contributed by atoms with Gasteiger partial charge >= 0.3 is 0 Å². The molecule has 1 aromatic heterocycles. The number of nitrogens with one attached hydrogen (secondary N) is 1. The average molecular weight is 344 g/mol. The minimum absolute atomic E-state index is 0.553. The molecular weight excluding hydrogens is 318 g/mol. The Balaban J connectivity index is 2.09. The third kappa shape index (κ3) is 4.05. The van der Waals surface area contributed by atoms with Crippen molar-refractivity contribution in [2.24, 2.45) is 17.8 Å². The zero-order valence-electron chi connectivity index (χ0n) is 12.3. The molecule has 19 heavy (non-hydrogen) atoms. The van der Waals surface area contributed by atoms with Crippen LogP contribution in [0.3, 0.4) is 0 Å². The molecule has 1 heterocycles. The molecule has 0 bridgehead atoms. The molecule has 0 radical (unpaired) electrons. The second-order valence-electron chi connectivity index (χ2n) is 6.14. The summed E-state index contributed by atoms with van der Waals surface area (Å²) < 4.78 is 1.25. The summed E-state index contributed by atoms with van der Waals surface area (Å²) in [4.78, 5) is 0. The predicted molar refractivity (Wildman–Crippen MR) is 88.7 cm³/mol. The number of hydrogen-bond acceptors (Lipinski definition) is 2. The third-order valence-electron chi connectivity index (χ3n) is 4.67. The average Bonchev–Trinajstić information content (AvgIpc) is 2.80. The Labute approximate surface area is 130 Å². The van der Waals surface area contributed by atoms with Gasteiger partial charge in [-0.25, -0.2) is 0 Å². The maximum absolute atomic E-state index is 3.79. The highest BCUT2D eigenvalue weighted by atomic mass is 79.9. The first-order valence-corrected chi connectivity index (χ1v) is 9.26. The van der Waals surface area contributed by atoms with E-state index in [0.29, 0.717) is 6.04 Å². The molecule has 1 aliphatic rings. The number of thiophene rings is 1. The van der Waals surface area contributed by atoms with Gasteiger partial charge in [0.2, 0.25) is 0 Å². The van der Waals surface area contributed by atoms with Crippen LogP contribution in [-0.2, 0) is 0 Å². The van der Waals surface area contributed by atoms with Crippen LogP contribution >= 0.6 is 27.3 Å². The Morgan fingerprint density at radius 3 is 2.74 bits per heavy atom. The van der Waals surface area contributed by atoms with Crippen LogP contribution in [0.2, 0.25) is 0 Å². The molecule has 0 aromatic carbocycles. The second-order valence-corrected chi connectivity index (χ2v) is 8.43. The summed E-state index contributed by atoms with van der Waals surface area (Å²) in [6.45, 7) is 8.21. The quantitative estimate of drug-likeness (QED) is 0.731. The topological polar surface area (TPSA) is 12.0 Å². The van der Waals surface area contributed by atoms with Crippen molar-refractivity contribution in [1.29, 1.82) is 0 Å². The van der Waals surface area contributed by atoms with Crippen LogP contribution in [0.25, 0.3) is 0 Å². The van der Waals surface area contributed by atoms with Gasteiger partial charge in [-0.1, -0.05) is 27.2 Å². The largest absolute Gasteiger partial charge is 0.310 e. The SMILES string of the molecule is CCCNC(c1csc(Br)c1)C1CCC(C)C(C)C1. The first-order chi connectivity index (χ1) is 9.11. The lowest BCUT2D eigenvalue weighted by Gasteiger charge is -2.37. The second kappa shape index (κ2) is 7.24. The fourth-order valence-corrected chi connectivity index (χ4v) is 4.45. The molecule has 0 amide bonds. The van der Waals surface area contributed by atoms with Crippen molar-refractivity contribution in [3.05, 3.63) is 20.8 Å². The summed E-state index contributed by atoms with van der Waals surface area (Å²) >= 11 is 5.41. The molecule has 4 unspecified atom stereocenters. The molecule has 4 atom stereocenters. The van der Waals surface area contributed by atoms with Crippen molar-refractivity contribution in [1.82, 2.24) is 5.32 Å². The first-order valence-electron chi connectivity index (χ1n) is 7.59. The highest BCUT2D eigenvalue weighted by Crippen LogP contribution is 2.41. The smallest absolute Gasteiger partial charge is 0.0701 e. The maximum Gasteiger partial charge on any atom is 0.0701 e. The third-order valence-corrected chi connectivity index (χ3v) is 6.19. The molecule has 1 aliphatic carbocycles. The number of halogens is 1. The Hall–Kier alpha value is 0.140. The zero-order chi connectivity index (χ0) is 13.8. The van der Waals surface area contributed by atoms with E-state index in [4.69, 9.17) is 0 Å². The minimum Gasteiger partial charge on any atom is -0.310 e. The lowest BCUT2D eigenvalue weighted by Crippen LogP contribution is -2.33. The molecule has 1 saturated carbocycles. The van der Waals surface area contributed by atoms with Gasteiger partial charge in [0.05, 0.1) is 3.79 Å². The summed E-state index contributed by atoms with van der Waals surface area (Å²) in [6, 6.07) is 2.86. The molecule has 0 aliphatic heterocycles. The highest BCUT2D eigenvalue weighted by molar-refractivity contribution is 9.11. The van der Waals surface area contributed by atoms with E-state index >= 15 is 0 Å². The summed E-state index contributed by atoms with van der Waals surface area (Å²) in [7, 11) is 0. The molecule has 1 N–H and O–H groups in total. The van der Waals surface area contributed by atoms with Crippen LogP contribution < -0.4 is 5.32 Å². The predicted octanol–water partition coefficient (Wildman–Crippen LogP) is 5.62. The summed E-state index contributed by atoms with van der Waals surface area (Å²) in [5, 5.41) is 6.11. The van der Waals surface area contributed by atoms with Gasteiger partial charge in [0.15, 0.2) is 0 Å². The lowest BCUT2D eigenvalue weighted by atomic mass is 9.72. The molecule has 3 heteroatoms. The van der Waals surface area contributed by atoms with Gasteiger partial charge in [-0.05, 0) is 76.5 Å². The van der Waals surface area contributed by atoms with E-state index in [-0.39, 0.29) is 0 Å². The molecule has 0 saturated heterocycles. The van der Waals surface area contributed by atoms with Crippen LogP contribution in [0, 0.1) is 17.8 Å². The van der Waals surface area contributed by atoms with Crippen LogP contribution in [0.15, 0.2) is 15.2 Å². The van der Waals surface area contributed by atoms with E-state index in [2.05, 4.69) is 53.5 Å². The van der Waals surface area contributed by atoms with Crippen molar-refractivity contribution < 1.29 is 0 Å². The van der Waals surface area contributed by atoms with Gasteiger partial charge < -0.3 is 5.32 Å². The standard InChI is InChI=1S/C16H26BrNS/c1-4-7-18-16(14-9-15(17)19-10-14)13-6-5-11(2)12(3)8-13/h9-13,16,18H,4-8H2,1-3H3. The Kier molecular flexibility index (Phi) is 5.91. The molecule has 1 nitrogen and oxygen atoms in total. The fourth-order valence-electron chi connectivity index (χ4n) is 3.23. The van der Waals surface area contributed by atoms with Crippen LogP contribution in [-0.4, -0.2) is 6.54 Å². The Morgan fingerprint density at radius 2 is 2.16 bits per heavy atom. The lowest BCUT2D eigenvalue weighted by molar-refractivity contribution is 0.171. The van der Waals surface area contributed by atoms with E-state index in [9.17, 15) is 0 Å². The highest BCUT2D eigenvalue weighted by Gasteiger charge is 2.31. The minimum atomic E-state index is 0.553. The Bertz CT molecular complexity index is 390. The first kappa shape index (κ1) is 15.5. The monoisotopic (exact) mass is 343 g/mol. The molecule has 1 fully saturated rings. The molecule has 108 valence electrons. The van der Waals surface area contributed by atoms with Crippen LogP contribution in [0.1, 0.15) is 58.1 Å². The summed E-state index contributed by atoms with van der Waals surface area (Å²) in [5.74, 6) is 2.57. The van der Waals surface area contributed by atoms with Gasteiger partial charge in [0.25, 0.3) is 0 Å². The van der Waals surface area contributed by atoms with Gasteiger partial charge in [-0.15, -0.1) is 11.3 Å². The Morgan fingerprint density at radius 1 is 1.37 bits per heavy atom. The van der Waals surface area contributed by atoms with Gasteiger partial charge in [0, 0.05) is 6.04 Å². The zero-order valence-corrected chi connectivity index (χ0v) is 14.7. The van der Waals surface area contributed by atoms with Crippen LogP contribution in [0.4, 0.5) is 0 Å². The van der Waals surface area contributed by atoms with Crippen molar-refractivity contribution in [2.75, 3.05) is 6.54 Å². The molecule has 2 rings (SSSR count). The maximum atomic E-state index is 3.79.